The van der Waals surface area contributed by atoms with Gasteiger partial charge >= 0.3 is 0 Å². The monoisotopic (exact) mass is 376 g/mol. The van der Waals surface area contributed by atoms with Gasteiger partial charge in [0, 0.05) is 29.5 Å². The predicted molar refractivity (Wildman–Crippen MR) is 111 cm³/mol. The van der Waals surface area contributed by atoms with Crippen LogP contribution in [-0.2, 0) is 6.54 Å². The molecule has 0 aliphatic carbocycles. The first-order valence-electron chi connectivity index (χ1n) is 9.03. The average Bonchev–Trinajstić information content (AvgIpc) is 3.06. The van der Waals surface area contributed by atoms with Crippen molar-refractivity contribution in [3.05, 3.63) is 83.1 Å². The largest absolute Gasteiger partial charge is 0.365 e. The van der Waals surface area contributed by atoms with Crippen LogP contribution in [-0.4, -0.2) is 14.4 Å². The van der Waals surface area contributed by atoms with Gasteiger partial charge in [-0.1, -0.05) is 61.8 Å². The molecule has 0 unspecified atom stereocenters. The second-order valence-electron chi connectivity index (χ2n) is 6.86. The molecule has 2 aromatic heterocycles. The number of fused-ring (bicyclic) bond motifs is 1. The quantitative estimate of drug-likeness (QED) is 0.479. The summed E-state index contributed by atoms with van der Waals surface area (Å²) in [5.41, 5.74) is 4.44. The van der Waals surface area contributed by atoms with Crippen molar-refractivity contribution in [2.75, 3.05) is 5.32 Å². The molecule has 2 aromatic carbocycles. The first-order valence-corrected chi connectivity index (χ1v) is 9.41. The zero-order chi connectivity index (χ0) is 18.8. The molecule has 0 atom stereocenters. The van der Waals surface area contributed by atoms with E-state index in [2.05, 4.69) is 48.4 Å². The van der Waals surface area contributed by atoms with Crippen LogP contribution in [0.3, 0.4) is 0 Å². The molecule has 0 saturated heterocycles. The van der Waals surface area contributed by atoms with E-state index < -0.39 is 0 Å². The van der Waals surface area contributed by atoms with Crippen LogP contribution in [0.25, 0.3) is 17.0 Å². The van der Waals surface area contributed by atoms with Crippen LogP contribution < -0.4 is 5.32 Å². The van der Waals surface area contributed by atoms with Gasteiger partial charge in [0.25, 0.3) is 0 Å². The molecule has 0 aliphatic heterocycles. The highest BCUT2D eigenvalue weighted by molar-refractivity contribution is 6.30. The van der Waals surface area contributed by atoms with Gasteiger partial charge < -0.3 is 5.32 Å². The van der Waals surface area contributed by atoms with E-state index in [0.29, 0.717) is 18.2 Å². The van der Waals surface area contributed by atoms with E-state index in [1.165, 1.54) is 5.56 Å². The van der Waals surface area contributed by atoms with Crippen molar-refractivity contribution >= 4 is 23.2 Å². The summed E-state index contributed by atoms with van der Waals surface area (Å²) in [6.45, 7) is 5.07. The number of halogens is 1. The molecule has 0 amide bonds. The molecule has 4 nitrogen and oxygen atoms in total. The van der Waals surface area contributed by atoms with Crippen LogP contribution in [0.5, 0.6) is 0 Å². The Bertz CT molecular complexity index is 1050. The van der Waals surface area contributed by atoms with Crippen molar-refractivity contribution in [3.8, 4) is 11.3 Å². The number of benzene rings is 2. The van der Waals surface area contributed by atoms with Gasteiger partial charge in [-0.25, -0.2) is 9.97 Å². The SMILES string of the molecule is CC(C)c1ccc(-c2nc3ncccn3c2NCc2ccc(Cl)cc2)cc1. The summed E-state index contributed by atoms with van der Waals surface area (Å²) in [5, 5.41) is 4.26. The Balaban J connectivity index is 1.71. The van der Waals surface area contributed by atoms with Crippen LogP contribution in [0.1, 0.15) is 30.9 Å². The third-order valence-corrected chi connectivity index (χ3v) is 4.88. The summed E-state index contributed by atoms with van der Waals surface area (Å²) in [6.07, 6.45) is 3.74. The third kappa shape index (κ3) is 3.67. The highest BCUT2D eigenvalue weighted by atomic mass is 35.5. The first kappa shape index (κ1) is 17.6. The summed E-state index contributed by atoms with van der Waals surface area (Å²) in [7, 11) is 0. The minimum absolute atomic E-state index is 0.504. The Morgan fingerprint density at radius 2 is 1.78 bits per heavy atom. The molecule has 136 valence electrons. The standard InChI is InChI=1S/C22H21ClN4/c1-15(2)17-6-8-18(9-7-17)20-21(27-13-3-12-24-22(27)26-20)25-14-16-4-10-19(23)11-5-16/h3-13,15,25H,14H2,1-2H3. The smallest absolute Gasteiger partial charge is 0.235 e. The number of rotatable bonds is 5. The molecule has 27 heavy (non-hydrogen) atoms. The molecule has 0 saturated carbocycles. The van der Waals surface area contributed by atoms with Gasteiger partial charge in [0.15, 0.2) is 0 Å². The molecule has 2 heterocycles. The van der Waals surface area contributed by atoms with Crippen molar-refractivity contribution in [1.29, 1.82) is 0 Å². The second kappa shape index (κ2) is 7.41. The minimum atomic E-state index is 0.504. The second-order valence-corrected chi connectivity index (χ2v) is 7.29. The molecule has 0 fully saturated rings. The van der Waals surface area contributed by atoms with Crippen LogP contribution in [0.15, 0.2) is 67.0 Å². The molecule has 5 heteroatoms. The Morgan fingerprint density at radius 3 is 2.48 bits per heavy atom. The van der Waals surface area contributed by atoms with Gasteiger partial charge in [0.1, 0.15) is 11.5 Å². The van der Waals surface area contributed by atoms with E-state index in [4.69, 9.17) is 16.6 Å². The average molecular weight is 377 g/mol. The Kier molecular flexibility index (Phi) is 4.82. The summed E-state index contributed by atoms with van der Waals surface area (Å²) < 4.78 is 1.99. The maximum atomic E-state index is 5.99. The Labute approximate surface area is 163 Å². The Morgan fingerprint density at radius 1 is 1.04 bits per heavy atom. The fourth-order valence-corrected chi connectivity index (χ4v) is 3.20. The maximum Gasteiger partial charge on any atom is 0.235 e. The number of nitrogens with zero attached hydrogens (tertiary/aromatic N) is 3. The van der Waals surface area contributed by atoms with E-state index in [1.807, 2.05) is 40.9 Å². The maximum absolute atomic E-state index is 5.99. The lowest BCUT2D eigenvalue weighted by molar-refractivity contribution is 0.867. The van der Waals surface area contributed by atoms with Crippen molar-refractivity contribution in [2.24, 2.45) is 0 Å². The van der Waals surface area contributed by atoms with Crippen LogP contribution >= 0.6 is 11.6 Å². The van der Waals surface area contributed by atoms with Gasteiger partial charge in [-0.05, 0) is 35.2 Å². The van der Waals surface area contributed by atoms with Gasteiger partial charge in [-0.2, -0.15) is 0 Å². The minimum Gasteiger partial charge on any atom is -0.365 e. The van der Waals surface area contributed by atoms with Crippen molar-refractivity contribution in [1.82, 2.24) is 14.4 Å². The first-order chi connectivity index (χ1) is 13.1. The predicted octanol–water partition coefficient (Wildman–Crippen LogP) is 5.79. The fraction of sp³-hybridized carbons (Fsp3) is 0.182. The highest BCUT2D eigenvalue weighted by Gasteiger charge is 2.15. The van der Waals surface area contributed by atoms with Crippen molar-refractivity contribution in [3.63, 3.8) is 0 Å². The number of anilines is 1. The lowest BCUT2D eigenvalue weighted by atomic mass is 10.0. The third-order valence-electron chi connectivity index (χ3n) is 4.63. The molecule has 0 radical (unpaired) electrons. The van der Waals surface area contributed by atoms with Crippen molar-refractivity contribution in [2.45, 2.75) is 26.3 Å². The lowest BCUT2D eigenvalue weighted by Gasteiger charge is -2.10. The number of nitrogens with one attached hydrogen (secondary N) is 1. The van der Waals surface area contributed by atoms with Gasteiger partial charge in [-0.15, -0.1) is 0 Å². The summed E-state index contributed by atoms with van der Waals surface area (Å²) >= 11 is 5.99. The lowest BCUT2D eigenvalue weighted by Crippen LogP contribution is -2.03. The number of imidazole rings is 1. The highest BCUT2D eigenvalue weighted by Crippen LogP contribution is 2.29. The molecule has 0 aliphatic rings. The van der Waals surface area contributed by atoms with E-state index in [9.17, 15) is 0 Å². The zero-order valence-corrected chi connectivity index (χ0v) is 16.1. The fourth-order valence-electron chi connectivity index (χ4n) is 3.07. The molecule has 0 bridgehead atoms. The van der Waals surface area contributed by atoms with Crippen LogP contribution in [0, 0.1) is 0 Å². The molecule has 4 aromatic rings. The van der Waals surface area contributed by atoms with E-state index in [1.54, 1.807) is 6.20 Å². The molecular formula is C22H21ClN4. The molecule has 0 spiro atoms. The normalized spacial score (nSPS) is 11.3. The summed E-state index contributed by atoms with van der Waals surface area (Å²) in [6, 6.07) is 18.4. The van der Waals surface area contributed by atoms with Gasteiger partial charge in [0.2, 0.25) is 5.78 Å². The van der Waals surface area contributed by atoms with Crippen molar-refractivity contribution < 1.29 is 0 Å². The summed E-state index contributed by atoms with van der Waals surface area (Å²) in [4.78, 5) is 9.15. The van der Waals surface area contributed by atoms with Gasteiger partial charge in [0.05, 0.1) is 0 Å². The van der Waals surface area contributed by atoms with E-state index in [0.717, 1.165) is 27.7 Å². The van der Waals surface area contributed by atoms with Crippen LogP contribution in [0.4, 0.5) is 5.82 Å². The summed E-state index contributed by atoms with van der Waals surface area (Å²) in [5.74, 6) is 2.12. The number of aromatic nitrogens is 3. The van der Waals surface area contributed by atoms with Gasteiger partial charge in [-0.3, -0.25) is 4.40 Å². The van der Waals surface area contributed by atoms with Crippen LogP contribution in [0.2, 0.25) is 5.02 Å². The Hall–Kier alpha value is -2.85. The number of hydrogen-bond donors (Lipinski definition) is 1. The molecule has 1 N–H and O–H groups in total. The topological polar surface area (TPSA) is 42.2 Å². The molecule has 4 rings (SSSR count). The van der Waals surface area contributed by atoms with E-state index in [-0.39, 0.29) is 0 Å². The van der Waals surface area contributed by atoms with E-state index >= 15 is 0 Å². The zero-order valence-electron chi connectivity index (χ0n) is 15.4. The molecular weight excluding hydrogens is 356 g/mol. The number of hydrogen-bond acceptors (Lipinski definition) is 3.